The van der Waals surface area contributed by atoms with E-state index in [4.69, 9.17) is 10.5 Å². The van der Waals surface area contributed by atoms with Gasteiger partial charge in [-0.05, 0) is 41.4 Å². The number of rotatable bonds is 6. The summed E-state index contributed by atoms with van der Waals surface area (Å²) in [4.78, 5) is 0. The first-order chi connectivity index (χ1) is 9.70. The Bertz CT molecular complexity index is 451. The number of benzene rings is 1. The van der Waals surface area contributed by atoms with Crippen LogP contribution < -0.4 is 10.5 Å². The van der Waals surface area contributed by atoms with E-state index < -0.39 is 6.10 Å². The third-order valence-corrected chi connectivity index (χ3v) is 4.16. The standard InChI is InChI=1S/C18H31NO2/c1-7-15(19)16(20)10-12(2)13-8-9-17(21-6)14(11-13)18(3,4)5/h8-9,11-12,15-16,20H,7,10,19H2,1-6H3. The lowest BCUT2D eigenvalue weighted by Crippen LogP contribution is -2.34. The van der Waals surface area contributed by atoms with Gasteiger partial charge in [0.25, 0.3) is 0 Å². The quantitative estimate of drug-likeness (QED) is 0.843. The first-order valence-electron chi connectivity index (χ1n) is 7.82. The molecule has 0 aromatic heterocycles. The smallest absolute Gasteiger partial charge is 0.122 e. The van der Waals surface area contributed by atoms with E-state index in [2.05, 4.69) is 39.8 Å². The van der Waals surface area contributed by atoms with E-state index >= 15 is 0 Å². The molecule has 0 spiro atoms. The molecule has 3 nitrogen and oxygen atoms in total. The second kappa shape index (κ2) is 7.28. The highest BCUT2D eigenvalue weighted by Gasteiger charge is 2.22. The van der Waals surface area contributed by atoms with E-state index in [1.165, 1.54) is 11.1 Å². The third kappa shape index (κ3) is 4.72. The summed E-state index contributed by atoms with van der Waals surface area (Å²) in [5.74, 6) is 1.19. The van der Waals surface area contributed by atoms with Crippen molar-refractivity contribution in [2.24, 2.45) is 5.73 Å². The number of hydrogen-bond donors (Lipinski definition) is 2. The minimum absolute atomic E-state index is 0.0273. The van der Waals surface area contributed by atoms with Crippen LogP contribution in [0.3, 0.4) is 0 Å². The minimum Gasteiger partial charge on any atom is -0.496 e. The summed E-state index contributed by atoms with van der Waals surface area (Å²) in [6.45, 7) is 10.7. The maximum absolute atomic E-state index is 10.1. The molecule has 0 amide bonds. The molecular formula is C18H31NO2. The van der Waals surface area contributed by atoms with Crippen LogP contribution in [-0.2, 0) is 5.41 Å². The zero-order chi connectivity index (χ0) is 16.2. The maximum atomic E-state index is 10.1. The first kappa shape index (κ1) is 18.0. The van der Waals surface area contributed by atoms with Gasteiger partial charge in [-0.1, -0.05) is 46.8 Å². The summed E-state index contributed by atoms with van der Waals surface area (Å²) >= 11 is 0. The molecule has 0 saturated carbocycles. The molecule has 3 unspecified atom stereocenters. The fraction of sp³-hybridized carbons (Fsp3) is 0.667. The number of aliphatic hydroxyl groups is 1. The van der Waals surface area contributed by atoms with Crippen molar-refractivity contribution in [3.8, 4) is 5.75 Å². The SMILES string of the molecule is CCC(N)C(O)CC(C)c1ccc(OC)c(C(C)(C)C)c1. The lowest BCUT2D eigenvalue weighted by Gasteiger charge is -2.25. The minimum atomic E-state index is -0.454. The van der Waals surface area contributed by atoms with Gasteiger partial charge in [0.05, 0.1) is 13.2 Å². The Balaban J connectivity index is 2.98. The summed E-state index contributed by atoms with van der Waals surface area (Å²) in [5.41, 5.74) is 8.37. The topological polar surface area (TPSA) is 55.5 Å². The molecule has 0 fully saturated rings. The Morgan fingerprint density at radius 1 is 1.29 bits per heavy atom. The first-order valence-corrected chi connectivity index (χ1v) is 7.82. The van der Waals surface area contributed by atoms with Crippen molar-refractivity contribution in [3.05, 3.63) is 29.3 Å². The van der Waals surface area contributed by atoms with E-state index in [-0.39, 0.29) is 17.4 Å². The number of ether oxygens (including phenoxy) is 1. The zero-order valence-electron chi connectivity index (χ0n) is 14.3. The van der Waals surface area contributed by atoms with Crippen LogP contribution in [0.15, 0.2) is 18.2 Å². The highest BCUT2D eigenvalue weighted by molar-refractivity contribution is 5.42. The summed E-state index contributed by atoms with van der Waals surface area (Å²) < 4.78 is 5.47. The van der Waals surface area contributed by atoms with Crippen LogP contribution in [0.2, 0.25) is 0 Å². The summed E-state index contributed by atoms with van der Waals surface area (Å²) in [7, 11) is 1.71. The molecule has 21 heavy (non-hydrogen) atoms. The third-order valence-electron chi connectivity index (χ3n) is 4.16. The lowest BCUT2D eigenvalue weighted by atomic mass is 9.83. The fourth-order valence-electron chi connectivity index (χ4n) is 2.56. The highest BCUT2D eigenvalue weighted by atomic mass is 16.5. The van der Waals surface area contributed by atoms with Gasteiger partial charge in [-0.25, -0.2) is 0 Å². The predicted octanol–water partition coefficient (Wildman–Crippen LogP) is 3.58. The van der Waals surface area contributed by atoms with E-state index in [1.807, 2.05) is 13.0 Å². The van der Waals surface area contributed by atoms with Crippen LogP contribution in [0.25, 0.3) is 0 Å². The number of nitrogens with two attached hydrogens (primary N) is 1. The number of methoxy groups -OCH3 is 1. The molecule has 0 bridgehead atoms. The van der Waals surface area contributed by atoms with Crippen molar-refractivity contribution in [2.45, 2.75) is 70.9 Å². The molecule has 0 radical (unpaired) electrons. The second-order valence-electron chi connectivity index (χ2n) is 6.99. The highest BCUT2D eigenvalue weighted by Crippen LogP contribution is 2.34. The Kier molecular flexibility index (Phi) is 6.24. The molecule has 1 aromatic carbocycles. The van der Waals surface area contributed by atoms with Crippen LogP contribution in [-0.4, -0.2) is 24.4 Å². The summed E-state index contributed by atoms with van der Waals surface area (Å²) in [6.07, 6.45) is 1.03. The van der Waals surface area contributed by atoms with Gasteiger partial charge in [0.15, 0.2) is 0 Å². The van der Waals surface area contributed by atoms with Gasteiger partial charge < -0.3 is 15.6 Å². The van der Waals surface area contributed by atoms with Crippen molar-refractivity contribution in [1.29, 1.82) is 0 Å². The monoisotopic (exact) mass is 293 g/mol. The molecule has 3 heteroatoms. The van der Waals surface area contributed by atoms with Gasteiger partial charge in [-0.2, -0.15) is 0 Å². The molecule has 1 aromatic rings. The molecule has 120 valence electrons. The predicted molar refractivity (Wildman–Crippen MR) is 89.0 cm³/mol. The molecule has 3 N–H and O–H groups in total. The van der Waals surface area contributed by atoms with Crippen LogP contribution >= 0.6 is 0 Å². The average molecular weight is 293 g/mol. The molecular weight excluding hydrogens is 262 g/mol. The fourth-order valence-corrected chi connectivity index (χ4v) is 2.56. The molecule has 0 aliphatic heterocycles. The van der Waals surface area contributed by atoms with Crippen LogP contribution in [0, 0.1) is 0 Å². The van der Waals surface area contributed by atoms with Gasteiger partial charge in [0.2, 0.25) is 0 Å². The van der Waals surface area contributed by atoms with Gasteiger partial charge in [0.1, 0.15) is 5.75 Å². The van der Waals surface area contributed by atoms with Crippen molar-refractivity contribution in [3.63, 3.8) is 0 Å². The average Bonchev–Trinajstić information content (AvgIpc) is 2.44. The normalized spacial score (nSPS) is 16.4. The molecule has 0 aliphatic rings. The number of hydrogen-bond acceptors (Lipinski definition) is 3. The molecule has 0 saturated heterocycles. The Labute approximate surface area is 129 Å². The van der Waals surface area contributed by atoms with E-state index in [0.29, 0.717) is 6.42 Å². The zero-order valence-corrected chi connectivity index (χ0v) is 14.3. The van der Waals surface area contributed by atoms with Crippen molar-refractivity contribution in [2.75, 3.05) is 7.11 Å². The van der Waals surface area contributed by atoms with Gasteiger partial charge >= 0.3 is 0 Å². The van der Waals surface area contributed by atoms with Gasteiger partial charge in [0, 0.05) is 6.04 Å². The summed E-state index contributed by atoms with van der Waals surface area (Å²) in [5, 5.41) is 10.1. The van der Waals surface area contributed by atoms with Crippen LogP contribution in [0.5, 0.6) is 5.75 Å². The Hall–Kier alpha value is -1.06. The maximum Gasteiger partial charge on any atom is 0.122 e. The molecule has 0 heterocycles. The molecule has 1 rings (SSSR count). The lowest BCUT2D eigenvalue weighted by molar-refractivity contribution is 0.126. The van der Waals surface area contributed by atoms with Crippen LogP contribution in [0.4, 0.5) is 0 Å². The van der Waals surface area contributed by atoms with Gasteiger partial charge in [-0.3, -0.25) is 0 Å². The van der Waals surface area contributed by atoms with E-state index in [9.17, 15) is 5.11 Å². The Morgan fingerprint density at radius 3 is 2.38 bits per heavy atom. The Morgan fingerprint density at radius 2 is 1.90 bits per heavy atom. The van der Waals surface area contributed by atoms with Crippen molar-refractivity contribution >= 4 is 0 Å². The van der Waals surface area contributed by atoms with E-state index in [0.717, 1.165) is 12.2 Å². The second-order valence-corrected chi connectivity index (χ2v) is 6.99. The van der Waals surface area contributed by atoms with Gasteiger partial charge in [-0.15, -0.1) is 0 Å². The molecule has 3 atom stereocenters. The molecule has 0 aliphatic carbocycles. The van der Waals surface area contributed by atoms with Crippen molar-refractivity contribution in [1.82, 2.24) is 0 Å². The largest absolute Gasteiger partial charge is 0.496 e. The number of aliphatic hydroxyl groups excluding tert-OH is 1. The van der Waals surface area contributed by atoms with Crippen LogP contribution in [0.1, 0.15) is 64.5 Å². The van der Waals surface area contributed by atoms with E-state index in [1.54, 1.807) is 7.11 Å². The summed E-state index contributed by atoms with van der Waals surface area (Å²) in [6, 6.07) is 6.17. The van der Waals surface area contributed by atoms with Crippen molar-refractivity contribution < 1.29 is 9.84 Å².